The van der Waals surface area contributed by atoms with Crippen molar-refractivity contribution in [2.45, 2.75) is 30.5 Å². The summed E-state index contributed by atoms with van der Waals surface area (Å²) in [6.07, 6.45) is -8.88. The molecule has 0 bridgehead atoms. The molecule has 2 aliphatic rings. The quantitative estimate of drug-likeness (QED) is 0.172. The molecule has 39 heavy (non-hydrogen) atoms. The second-order valence-corrected chi connectivity index (χ2v) is 9.66. The van der Waals surface area contributed by atoms with Gasteiger partial charge in [0.15, 0.2) is 12.3 Å². The van der Waals surface area contributed by atoms with Gasteiger partial charge in [-0.05, 0) is 36.4 Å². The molecule has 5 N–H and O–H groups in total. The average molecular weight is 543 g/mol. The zero-order valence-electron chi connectivity index (χ0n) is 19.5. The van der Waals surface area contributed by atoms with Crippen molar-refractivity contribution in [2.24, 2.45) is 0 Å². The molecular weight excluding hydrogens is 526 g/mol. The van der Waals surface area contributed by atoms with Gasteiger partial charge in [0.1, 0.15) is 23.8 Å². The van der Waals surface area contributed by atoms with E-state index in [1.165, 1.54) is 22.8 Å². The Labute approximate surface area is 214 Å². The SMILES string of the molecule is O=C1NC(=O)c2c1c1c3cc(F)ccc3[nH]c1c1c2c2cc(F)ccc2n1[C@@H]1O[C@H](CO)C(F)(F)[C@H](O)[C@H]1O. The van der Waals surface area contributed by atoms with E-state index in [9.17, 15) is 42.5 Å². The van der Waals surface area contributed by atoms with E-state index >= 15 is 0 Å². The maximum atomic E-state index is 14.6. The van der Waals surface area contributed by atoms with Crippen molar-refractivity contribution in [3.63, 3.8) is 0 Å². The zero-order chi connectivity index (χ0) is 27.5. The standard InChI is InChI=1S/C26H17F4N3O6/c27-8-1-3-12-10(5-8)15-17-18(24(38)32-23(17)37)16-11-6-9(28)2-4-13(11)33(20(16)19(15)31-12)25-21(35)22(36)26(29,30)14(7-34)39-25/h1-6,14,21-22,25,31,34-36H,7H2,(H,32,37,38)/t14-,21-,22-,25-/m1/s1. The van der Waals surface area contributed by atoms with Gasteiger partial charge in [-0.3, -0.25) is 14.9 Å². The third kappa shape index (κ3) is 2.98. The maximum Gasteiger partial charge on any atom is 0.304 e. The lowest BCUT2D eigenvalue weighted by molar-refractivity contribution is -0.309. The van der Waals surface area contributed by atoms with E-state index in [1.54, 1.807) is 0 Å². The molecule has 200 valence electrons. The number of rotatable bonds is 2. The molecule has 4 atom stereocenters. The second-order valence-electron chi connectivity index (χ2n) is 9.66. The number of H-pyrrole nitrogens is 1. The molecule has 4 heterocycles. The number of halogens is 4. The smallest absolute Gasteiger partial charge is 0.304 e. The number of aliphatic hydroxyl groups is 3. The van der Waals surface area contributed by atoms with Crippen molar-refractivity contribution in [3.05, 3.63) is 59.2 Å². The van der Waals surface area contributed by atoms with Crippen molar-refractivity contribution in [2.75, 3.05) is 6.61 Å². The maximum absolute atomic E-state index is 14.6. The highest BCUT2D eigenvalue weighted by Gasteiger charge is 2.58. The van der Waals surface area contributed by atoms with E-state index in [0.29, 0.717) is 5.52 Å². The average Bonchev–Trinajstić information content (AvgIpc) is 3.51. The number of benzene rings is 3. The Morgan fingerprint density at radius 3 is 2.28 bits per heavy atom. The lowest BCUT2D eigenvalue weighted by Crippen LogP contribution is -2.60. The predicted octanol–water partition coefficient (Wildman–Crippen LogP) is 2.84. The van der Waals surface area contributed by atoms with Crippen LogP contribution in [-0.4, -0.2) is 67.5 Å². The molecule has 5 aromatic rings. The van der Waals surface area contributed by atoms with E-state index in [1.807, 2.05) is 0 Å². The van der Waals surface area contributed by atoms with E-state index in [-0.39, 0.29) is 49.2 Å². The number of fused-ring (bicyclic) bond motifs is 10. The number of carbonyl (C=O) groups excluding carboxylic acids is 2. The Bertz CT molecular complexity index is 1910. The zero-order valence-corrected chi connectivity index (χ0v) is 19.5. The number of aliphatic hydroxyl groups excluding tert-OH is 3. The molecular formula is C26H17F4N3O6. The van der Waals surface area contributed by atoms with Gasteiger partial charge < -0.3 is 29.6 Å². The number of alkyl halides is 2. The van der Waals surface area contributed by atoms with Gasteiger partial charge in [-0.1, -0.05) is 0 Å². The summed E-state index contributed by atoms with van der Waals surface area (Å²) in [6, 6.07) is 7.13. The van der Waals surface area contributed by atoms with E-state index in [2.05, 4.69) is 10.3 Å². The van der Waals surface area contributed by atoms with Crippen LogP contribution >= 0.6 is 0 Å². The molecule has 0 radical (unpaired) electrons. The summed E-state index contributed by atoms with van der Waals surface area (Å²) in [5.41, 5.74) is 0.416. The molecule has 0 saturated carbocycles. The van der Waals surface area contributed by atoms with Crippen molar-refractivity contribution in [1.29, 1.82) is 0 Å². The van der Waals surface area contributed by atoms with Gasteiger partial charge in [0, 0.05) is 27.1 Å². The number of imide groups is 1. The Balaban J connectivity index is 1.71. The highest BCUT2D eigenvalue weighted by molar-refractivity contribution is 6.39. The Kier molecular flexibility index (Phi) is 4.78. The normalized spacial score (nSPS) is 24.8. The van der Waals surface area contributed by atoms with Gasteiger partial charge in [0.25, 0.3) is 11.8 Å². The third-order valence-corrected chi connectivity index (χ3v) is 7.56. The van der Waals surface area contributed by atoms with Crippen molar-refractivity contribution in [3.8, 4) is 0 Å². The summed E-state index contributed by atoms with van der Waals surface area (Å²) in [4.78, 5) is 29.2. The van der Waals surface area contributed by atoms with Crippen molar-refractivity contribution >= 4 is 55.4 Å². The summed E-state index contributed by atoms with van der Waals surface area (Å²) < 4.78 is 64.8. The number of aromatic nitrogens is 2. The number of nitrogens with one attached hydrogen (secondary N) is 2. The molecule has 9 nitrogen and oxygen atoms in total. The Morgan fingerprint density at radius 1 is 0.949 bits per heavy atom. The molecule has 2 aromatic heterocycles. The molecule has 0 unspecified atom stereocenters. The summed E-state index contributed by atoms with van der Waals surface area (Å²) in [5.74, 6) is -6.96. The van der Waals surface area contributed by atoms with Gasteiger partial charge in [-0.15, -0.1) is 0 Å². The number of ether oxygens (including phenoxy) is 1. The highest BCUT2D eigenvalue weighted by atomic mass is 19.3. The fourth-order valence-corrected chi connectivity index (χ4v) is 5.88. The minimum absolute atomic E-state index is 0.0453. The van der Waals surface area contributed by atoms with Gasteiger partial charge in [-0.2, -0.15) is 0 Å². The predicted molar refractivity (Wildman–Crippen MR) is 128 cm³/mol. The molecule has 1 saturated heterocycles. The van der Waals surface area contributed by atoms with E-state index in [4.69, 9.17) is 4.74 Å². The minimum atomic E-state index is -4.02. The summed E-state index contributed by atoms with van der Waals surface area (Å²) >= 11 is 0. The van der Waals surface area contributed by atoms with Gasteiger partial charge in [0.05, 0.1) is 34.3 Å². The highest BCUT2D eigenvalue weighted by Crippen LogP contribution is 2.47. The fourth-order valence-electron chi connectivity index (χ4n) is 5.88. The van der Waals surface area contributed by atoms with Crippen LogP contribution < -0.4 is 5.32 Å². The Hall–Kier alpha value is -4.04. The van der Waals surface area contributed by atoms with Crippen LogP contribution in [0, 0.1) is 11.6 Å². The number of aromatic amines is 1. The number of amides is 2. The van der Waals surface area contributed by atoms with Crippen LogP contribution in [0.2, 0.25) is 0 Å². The minimum Gasteiger partial charge on any atom is -0.393 e. The van der Waals surface area contributed by atoms with E-state index in [0.717, 1.165) is 18.2 Å². The van der Waals surface area contributed by atoms with Crippen LogP contribution in [0.3, 0.4) is 0 Å². The van der Waals surface area contributed by atoms with Crippen molar-refractivity contribution in [1.82, 2.24) is 14.9 Å². The number of hydrogen-bond donors (Lipinski definition) is 5. The monoisotopic (exact) mass is 543 g/mol. The lowest BCUT2D eigenvalue weighted by atomic mass is 9.96. The van der Waals surface area contributed by atoms with Crippen LogP contribution in [0.5, 0.6) is 0 Å². The fraction of sp³-hybridized carbons (Fsp3) is 0.231. The largest absolute Gasteiger partial charge is 0.393 e. The number of carbonyl (C=O) groups is 2. The van der Waals surface area contributed by atoms with Gasteiger partial charge in [-0.25, -0.2) is 17.6 Å². The first-order valence-corrected chi connectivity index (χ1v) is 11.8. The summed E-state index contributed by atoms with van der Waals surface area (Å²) in [7, 11) is 0. The van der Waals surface area contributed by atoms with Crippen LogP contribution in [0.1, 0.15) is 26.9 Å². The summed E-state index contributed by atoms with van der Waals surface area (Å²) in [6.45, 7) is -1.20. The molecule has 0 spiro atoms. The molecule has 0 aliphatic carbocycles. The first-order valence-electron chi connectivity index (χ1n) is 11.8. The Morgan fingerprint density at radius 2 is 1.59 bits per heavy atom. The van der Waals surface area contributed by atoms with E-state index < -0.39 is 60.5 Å². The lowest BCUT2D eigenvalue weighted by Gasteiger charge is -2.42. The molecule has 2 aliphatic heterocycles. The van der Waals surface area contributed by atoms with Crippen LogP contribution in [0.25, 0.3) is 43.6 Å². The number of hydrogen-bond acceptors (Lipinski definition) is 6. The molecule has 2 amide bonds. The third-order valence-electron chi connectivity index (χ3n) is 7.56. The molecule has 1 fully saturated rings. The van der Waals surface area contributed by atoms with Crippen LogP contribution in [0.4, 0.5) is 17.6 Å². The second kappa shape index (κ2) is 7.76. The first kappa shape index (κ1) is 24.0. The van der Waals surface area contributed by atoms with Crippen LogP contribution in [-0.2, 0) is 4.74 Å². The topological polar surface area (TPSA) is 137 Å². The van der Waals surface area contributed by atoms with Crippen LogP contribution in [0.15, 0.2) is 36.4 Å². The number of nitrogens with zero attached hydrogens (tertiary/aromatic N) is 1. The van der Waals surface area contributed by atoms with Crippen molar-refractivity contribution < 1.29 is 47.2 Å². The van der Waals surface area contributed by atoms with Gasteiger partial charge >= 0.3 is 5.92 Å². The molecule has 13 heteroatoms. The van der Waals surface area contributed by atoms with Gasteiger partial charge in [0.2, 0.25) is 0 Å². The molecule has 7 rings (SSSR count). The molecule has 3 aromatic carbocycles. The summed E-state index contributed by atoms with van der Waals surface area (Å²) in [5, 5.41) is 33.5. The first-order chi connectivity index (χ1) is 18.5.